The van der Waals surface area contributed by atoms with E-state index in [9.17, 15) is 0 Å². The van der Waals surface area contributed by atoms with E-state index in [1.54, 1.807) is 0 Å². The van der Waals surface area contributed by atoms with Crippen LogP contribution in [0.3, 0.4) is 0 Å². The van der Waals surface area contributed by atoms with Gasteiger partial charge in [0.15, 0.2) is 0 Å². The lowest BCUT2D eigenvalue weighted by Crippen LogP contribution is -2.43. The van der Waals surface area contributed by atoms with Gasteiger partial charge < -0.3 is 5.32 Å². The summed E-state index contributed by atoms with van der Waals surface area (Å²) in [5.41, 5.74) is 2.53. The van der Waals surface area contributed by atoms with Crippen LogP contribution in [0.5, 0.6) is 0 Å². The number of aromatic nitrogens is 1. The fourth-order valence-corrected chi connectivity index (χ4v) is 3.05. The van der Waals surface area contributed by atoms with Crippen LogP contribution in [0.4, 0.5) is 0 Å². The van der Waals surface area contributed by atoms with Crippen LogP contribution in [0.2, 0.25) is 0 Å². The number of rotatable bonds is 2. The third-order valence-corrected chi connectivity index (χ3v) is 4.18. The maximum absolute atomic E-state index is 4.81. The number of nitrogens with one attached hydrogen (secondary N) is 1. The second-order valence-corrected chi connectivity index (χ2v) is 5.97. The lowest BCUT2D eigenvalue weighted by molar-refractivity contribution is 0.343. The van der Waals surface area contributed by atoms with Crippen molar-refractivity contribution in [3.8, 4) is 0 Å². The van der Waals surface area contributed by atoms with Crippen molar-refractivity contribution in [3.05, 3.63) is 42.1 Å². The van der Waals surface area contributed by atoms with Gasteiger partial charge in [-0.05, 0) is 38.4 Å². The predicted octanol–water partition coefficient (Wildman–Crippen LogP) is 3.70. The fourth-order valence-electron chi connectivity index (χ4n) is 3.05. The van der Waals surface area contributed by atoms with Crippen LogP contribution in [0.1, 0.15) is 38.3 Å². The normalized spacial score (nSPS) is 24.3. The van der Waals surface area contributed by atoms with Crippen LogP contribution < -0.4 is 5.32 Å². The van der Waals surface area contributed by atoms with E-state index < -0.39 is 0 Å². The summed E-state index contributed by atoms with van der Waals surface area (Å²) in [5, 5.41) is 4.94. The zero-order valence-electron chi connectivity index (χ0n) is 11.7. The van der Waals surface area contributed by atoms with Crippen molar-refractivity contribution in [1.29, 1.82) is 0 Å². The van der Waals surface area contributed by atoms with E-state index >= 15 is 0 Å². The van der Waals surface area contributed by atoms with E-state index in [0.29, 0.717) is 0 Å². The molecule has 1 saturated heterocycles. The van der Waals surface area contributed by atoms with Gasteiger partial charge in [0, 0.05) is 23.0 Å². The van der Waals surface area contributed by atoms with Crippen LogP contribution >= 0.6 is 0 Å². The Hall–Kier alpha value is -1.41. The molecule has 1 aromatic heterocycles. The van der Waals surface area contributed by atoms with E-state index in [-0.39, 0.29) is 5.54 Å². The first kappa shape index (κ1) is 12.6. The molecular weight excluding hydrogens is 232 g/mol. The van der Waals surface area contributed by atoms with Crippen molar-refractivity contribution >= 4 is 10.9 Å². The molecular formula is C17H22N2. The summed E-state index contributed by atoms with van der Waals surface area (Å²) in [5.74, 6) is 0. The Bertz CT molecular complexity index is 554. The van der Waals surface area contributed by atoms with Gasteiger partial charge in [-0.3, -0.25) is 4.98 Å². The molecule has 2 heterocycles. The number of hydrogen-bond acceptors (Lipinski definition) is 2. The molecule has 1 aliphatic heterocycles. The molecule has 1 N–H and O–H groups in total. The predicted molar refractivity (Wildman–Crippen MR) is 80.3 cm³/mol. The Kier molecular flexibility index (Phi) is 3.52. The zero-order chi connectivity index (χ0) is 13.1. The number of hydrogen-bond donors (Lipinski definition) is 1. The van der Waals surface area contributed by atoms with Crippen LogP contribution in [0.15, 0.2) is 36.4 Å². The van der Waals surface area contributed by atoms with Gasteiger partial charge >= 0.3 is 0 Å². The van der Waals surface area contributed by atoms with E-state index in [1.165, 1.54) is 36.8 Å². The molecule has 0 aliphatic carbocycles. The molecule has 2 heteroatoms. The molecule has 0 bridgehead atoms. The van der Waals surface area contributed by atoms with Gasteiger partial charge in [-0.15, -0.1) is 0 Å². The zero-order valence-corrected chi connectivity index (χ0v) is 11.7. The van der Waals surface area contributed by atoms with Gasteiger partial charge in [-0.25, -0.2) is 0 Å². The molecule has 1 aromatic carbocycles. The molecule has 1 fully saturated rings. The lowest BCUT2D eigenvalue weighted by Gasteiger charge is -2.29. The first-order chi connectivity index (χ1) is 9.25. The Labute approximate surface area is 115 Å². The Morgan fingerprint density at radius 1 is 1.11 bits per heavy atom. The second kappa shape index (κ2) is 5.30. The van der Waals surface area contributed by atoms with Crippen molar-refractivity contribution in [1.82, 2.24) is 10.3 Å². The average Bonchev–Trinajstić information content (AvgIpc) is 2.63. The third kappa shape index (κ3) is 2.95. The highest BCUT2D eigenvalue weighted by molar-refractivity contribution is 5.78. The average molecular weight is 254 g/mol. The third-order valence-electron chi connectivity index (χ3n) is 4.18. The highest BCUT2D eigenvalue weighted by Crippen LogP contribution is 2.23. The lowest BCUT2D eigenvalue weighted by atomic mass is 9.90. The number of nitrogens with zero attached hydrogens (tertiary/aromatic N) is 1. The maximum atomic E-state index is 4.81. The minimum Gasteiger partial charge on any atom is -0.311 e. The number of pyridine rings is 1. The highest BCUT2D eigenvalue weighted by atomic mass is 15.0. The van der Waals surface area contributed by atoms with Crippen molar-refractivity contribution in [2.24, 2.45) is 0 Å². The minimum atomic E-state index is 0.214. The summed E-state index contributed by atoms with van der Waals surface area (Å²) < 4.78 is 0. The van der Waals surface area contributed by atoms with Crippen LogP contribution in [-0.2, 0) is 6.42 Å². The standard InChI is InChI=1S/C17H22N2/c1-17(11-5-2-6-12-18-17)13-15-10-9-14-7-3-4-8-16(14)19-15/h3-4,7-10,18H,2,5-6,11-13H2,1H3. The number of para-hydroxylation sites is 1. The second-order valence-electron chi connectivity index (χ2n) is 5.97. The van der Waals surface area contributed by atoms with Gasteiger partial charge in [-0.2, -0.15) is 0 Å². The molecule has 0 saturated carbocycles. The molecule has 2 nitrogen and oxygen atoms in total. The maximum Gasteiger partial charge on any atom is 0.0705 e. The molecule has 0 spiro atoms. The Morgan fingerprint density at radius 2 is 2.00 bits per heavy atom. The summed E-state index contributed by atoms with van der Waals surface area (Å²) in [6.07, 6.45) is 6.27. The van der Waals surface area contributed by atoms with Gasteiger partial charge in [0.2, 0.25) is 0 Å². The van der Waals surface area contributed by atoms with E-state index in [2.05, 4.69) is 48.6 Å². The molecule has 3 rings (SSSR count). The fraction of sp³-hybridized carbons (Fsp3) is 0.471. The van der Waals surface area contributed by atoms with Gasteiger partial charge in [-0.1, -0.05) is 37.1 Å². The van der Waals surface area contributed by atoms with E-state index in [1.807, 2.05) is 0 Å². The molecule has 1 atom stereocenters. The number of fused-ring (bicyclic) bond motifs is 1. The van der Waals surface area contributed by atoms with Crippen molar-refractivity contribution in [3.63, 3.8) is 0 Å². The van der Waals surface area contributed by atoms with Crippen molar-refractivity contribution in [2.45, 2.75) is 44.6 Å². The monoisotopic (exact) mass is 254 g/mol. The smallest absolute Gasteiger partial charge is 0.0705 e. The van der Waals surface area contributed by atoms with E-state index in [0.717, 1.165) is 18.5 Å². The van der Waals surface area contributed by atoms with Crippen LogP contribution in [0.25, 0.3) is 10.9 Å². The first-order valence-corrected chi connectivity index (χ1v) is 7.35. The summed E-state index contributed by atoms with van der Waals surface area (Å²) in [4.78, 5) is 4.81. The van der Waals surface area contributed by atoms with Crippen LogP contribution in [0, 0.1) is 0 Å². The number of benzene rings is 1. The van der Waals surface area contributed by atoms with Gasteiger partial charge in [0.1, 0.15) is 0 Å². The largest absolute Gasteiger partial charge is 0.311 e. The topological polar surface area (TPSA) is 24.9 Å². The van der Waals surface area contributed by atoms with Gasteiger partial charge in [0.05, 0.1) is 5.52 Å². The minimum absolute atomic E-state index is 0.214. The summed E-state index contributed by atoms with van der Waals surface area (Å²) in [7, 11) is 0. The Balaban J connectivity index is 1.83. The molecule has 1 aliphatic rings. The SMILES string of the molecule is CC1(Cc2ccc3ccccc3n2)CCCCCN1. The Morgan fingerprint density at radius 3 is 2.95 bits per heavy atom. The summed E-state index contributed by atoms with van der Waals surface area (Å²) >= 11 is 0. The van der Waals surface area contributed by atoms with Crippen LogP contribution in [-0.4, -0.2) is 17.1 Å². The quantitative estimate of drug-likeness (QED) is 0.884. The molecule has 2 aromatic rings. The molecule has 0 radical (unpaired) electrons. The highest BCUT2D eigenvalue weighted by Gasteiger charge is 2.25. The molecule has 100 valence electrons. The van der Waals surface area contributed by atoms with E-state index in [4.69, 9.17) is 4.98 Å². The van der Waals surface area contributed by atoms with Gasteiger partial charge in [0.25, 0.3) is 0 Å². The molecule has 1 unspecified atom stereocenters. The molecule has 0 amide bonds. The van der Waals surface area contributed by atoms with Crippen molar-refractivity contribution in [2.75, 3.05) is 6.54 Å². The summed E-state index contributed by atoms with van der Waals surface area (Å²) in [6, 6.07) is 12.7. The van der Waals surface area contributed by atoms with Crippen molar-refractivity contribution < 1.29 is 0 Å². The molecule has 19 heavy (non-hydrogen) atoms. The summed E-state index contributed by atoms with van der Waals surface area (Å²) in [6.45, 7) is 3.49. The first-order valence-electron chi connectivity index (χ1n) is 7.35.